The molecule has 0 aliphatic carbocycles. The summed E-state index contributed by atoms with van der Waals surface area (Å²) >= 11 is 6.09. The molecule has 23 heavy (non-hydrogen) atoms. The lowest BCUT2D eigenvalue weighted by Crippen LogP contribution is -2.45. The van der Waals surface area contributed by atoms with Crippen LogP contribution in [0.25, 0.3) is 0 Å². The van der Waals surface area contributed by atoms with Crippen LogP contribution in [-0.4, -0.2) is 35.9 Å². The molecule has 1 aliphatic heterocycles. The van der Waals surface area contributed by atoms with E-state index in [9.17, 15) is 14.3 Å². The number of carbonyl (C=O) groups is 1. The van der Waals surface area contributed by atoms with Gasteiger partial charge in [-0.3, -0.25) is 0 Å². The molecule has 1 fully saturated rings. The summed E-state index contributed by atoms with van der Waals surface area (Å²) in [6, 6.07) is 4.44. The van der Waals surface area contributed by atoms with Gasteiger partial charge in [0.05, 0.1) is 10.6 Å². The first-order chi connectivity index (χ1) is 10.9. The Morgan fingerprint density at radius 1 is 1.52 bits per heavy atom. The van der Waals surface area contributed by atoms with Gasteiger partial charge in [-0.1, -0.05) is 23.7 Å². The van der Waals surface area contributed by atoms with Crippen molar-refractivity contribution in [1.29, 1.82) is 0 Å². The third kappa shape index (κ3) is 4.34. The fraction of sp³-hybridized carbons (Fsp3) is 0.562. The average molecular weight is 345 g/mol. The van der Waals surface area contributed by atoms with Crippen molar-refractivity contribution < 1.29 is 19.4 Å². The number of benzene rings is 1. The normalized spacial score (nSPS) is 20.7. The number of hydrogen-bond donors (Lipinski definition) is 4. The highest BCUT2D eigenvalue weighted by Crippen LogP contribution is 2.41. The lowest BCUT2D eigenvalue weighted by Gasteiger charge is -2.40. The molecule has 1 saturated heterocycles. The zero-order valence-corrected chi connectivity index (χ0v) is 13.6. The van der Waals surface area contributed by atoms with Crippen LogP contribution in [-0.2, 0) is 5.60 Å². The molecular weight excluding hydrogens is 323 g/mol. The Hall–Kier alpha value is -1.37. The Morgan fingerprint density at radius 3 is 2.96 bits per heavy atom. The summed E-state index contributed by atoms with van der Waals surface area (Å²) in [7, 11) is 0. The first-order valence-corrected chi connectivity index (χ1v) is 8.17. The van der Waals surface area contributed by atoms with Crippen molar-refractivity contribution in [2.45, 2.75) is 31.3 Å². The van der Waals surface area contributed by atoms with Crippen molar-refractivity contribution in [3.8, 4) is 0 Å². The van der Waals surface area contributed by atoms with Crippen LogP contribution in [0.1, 0.15) is 31.2 Å². The van der Waals surface area contributed by atoms with E-state index in [4.69, 9.17) is 16.7 Å². The molecule has 2 unspecified atom stereocenters. The molecule has 1 heterocycles. The van der Waals surface area contributed by atoms with Crippen LogP contribution in [0.4, 0.5) is 9.18 Å². The SMILES string of the molecule is O=C(O)NCCCC(O)(c1cccc(F)c1Cl)C1CCCNC1. The standard InChI is InChI=1S/C16H22ClFN2O3/c17-14-12(5-1-6-13(14)18)16(23,7-3-9-20-15(21)22)11-4-2-8-19-10-11/h1,5-6,11,19-20,23H,2-4,7-10H2,(H,21,22). The molecule has 1 aromatic carbocycles. The molecule has 1 aliphatic rings. The van der Waals surface area contributed by atoms with Gasteiger partial charge in [-0.05, 0) is 38.3 Å². The molecule has 0 saturated carbocycles. The van der Waals surface area contributed by atoms with E-state index in [0.717, 1.165) is 19.4 Å². The number of halogens is 2. The number of rotatable bonds is 6. The summed E-state index contributed by atoms with van der Waals surface area (Å²) in [5, 5.41) is 25.4. The van der Waals surface area contributed by atoms with E-state index < -0.39 is 17.5 Å². The van der Waals surface area contributed by atoms with E-state index in [0.29, 0.717) is 24.9 Å². The summed E-state index contributed by atoms with van der Waals surface area (Å²) in [5.74, 6) is -0.657. The molecule has 5 nitrogen and oxygen atoms in total. The van der Waals surface area contributed by atoms with E-state index >= 15 is 0 Å². The van der Waals surface area contributed by atoms with Gasteiger partial charge < -0.3 is 20.8 Å². The Bertz CT molecular complexity index is 552. The van der Waals surface area contributed by atoms with Gasteiger partial charge in [0.25, 0.3) is 0 Å². The van der Waals surface area contributed by atoms with Gasteiger partial charge in [-0.2, -0.15) is 0 Å². The smallest absolute Gasteiger partial charge is 0.404 e. The minimum atomic E-state index is -1.28. The second-order valence-corrected chi connectivity index (χ2v) is 6.28. The molecule has 0 bridgehead atoms. The monoisotopic (exact) mass is 344 g/mol. The van der Waals surface area contributed by atoms with E-state index in [1.165, 1.54) is 12.1 Å². The predicted octanol–water partition coefficient (Wildman–Crippen LogP) is 2.71. The number of piperidine rings is 1. The van der Waals surface area contributed by atoms with Gasteiger partial charge >= 0.3 is 6.09 Å². The molecule has 2 rings (SSSR count). The second-order valence-electron chi connectivity index (χ2n) is 5.90. The maximum Gasteiger partial charge on any atom is 0.404 e. The van der Waals surface area contributed by atoms with Crippen LogP contribution in [0.3, 0.4) is 0 Å². The highest BCUT2D eigenvalue weighted by atomic mass is 35.5. The minimum absolute atomic E-state index is 0.0632. The molecule has 1 amide bonds. The lowest BCUT2D eigenvalue weighted by molar-refractivity contribution is -0.0421. The fourth-order valence-electron chi connectivity index (χ4n) is 3.21. The van der Waals surface area contributed by atoms with Gasteiger partial charge in [-0.25, -0.2) is 9.18 Å². The Morgan fingerprint density at radius 2 is 2.30 bits per heavy atom. The van der Waals surface area contributed by atoms with Crippen LogP contribution in [0.5, 0.6) is 0 Å². The van der Waals surface area contributed by atoms with E-state index in [1.807, 2.05) is 0 Å². The maximum atomic E-state index is 13.8. The van der Waals surface area contributed by atoms with Crippen molar-refractivity contribution in [2.24, 2.45) is 5.92 Å². The average Bonchev–Trinajstić information content (AvgIpc) is 2.54. The van der Waals surface area contributed by atoms with Gasteiger partial charge in [0.15, 0.2) is 0 Å². The number of carboxylic acid groups (broad SMARTS) is 1. The molecule has 7 heteroatoms. The van der Waals surface area contributed by atoms with Gasteiger partial charge in [0.1, 0.15) is 5.82 Å². The molecular formula is C16H22ClFN2O3. The van der Waals surface area contributed by atoms with Crippen LogP contribution in [0.15, 0.2) is 18.2 Å². The Labute approximate surface area is 139 Å². The Kier molecular flexibility index (Phi) is 6.21. The summed E-state index contributed by atoms with van der Waals surface area (Å²) in [4.78, 5) is 10.5. The van der Waals surface area contributed by atoms with Crippen molar-refractivity contribution in [1.82, 2.24) is 10.6 Å². The van der Waals surface area contributed by atoms with Crippen LogP contribution in [0, 0.1) is 11.7 Å². The molecule has 2 atom stereocenters. The van der Waals surface area contributed by atoms with Gasteiger partial charge in [-0.15, -0.1) is 0 Å². The summed E-state index contributed by atoms with van der Waals surface area (Å²) in [6.07, 6.45) is 1.38. The van der Waals surface area contributed by atoms with Crippen LogP contribution in [0.2, 0.25) is 5.02 Å². The van der Waals surface area contributed by atoms with Crippen molar-refractivity contribution in [2.75, 3.05) is 19.6 Å². The maximum absolute atomic E-state index is 13.8. The minimum Gasteiger partial charge on any atom is -0.465 e. The van der Waals surface area contributed by atoms with Gasteiger partial charge in [0, 0.05) is 24.6 Å². The van der Waals surface area contributed by atoms with E-state index in [2.05, 4.69) is 10.6 Å². The highest BCUT2D eigenvalue weighted by molar-refractivity contribution is 6.31. The first-order valence-electron chi connectivity index (χ1n) is 7.79. The number of amides is 1. The fourth-order valence-corrected chi connectivity index (χ4v) is 3.50. The van der Waals surface area contributed by atoms with Crippen LogP contribution < -0.4 is 10.6 Å². The third-order valence-corrected chi connectivity index (χ3v) is 4.79. The summed E-state index contributed by atoms with van der Waals surface area (Å²) in [6.45, 7) is 1.74. The predicted molar refractivity (Wildman–Crippen MR) is 86.2 cm³/mol. The lowest BCUT2D eigenvalue weighted by atomic mass is 9.74. The largest absolute Gasteiger partial charge is 0.465 e. The topological polar surface area (TPSA) is 81.6 Å². The number of nitrogens with one attached hydrogen (secondary N) is 2. The quantitative estimate of drug-likeness (QED) is 0.598. The molecule has 0 spiro atoms. The summed E-state index contributed by atoms with van der Waals surface area (Å²) in [5.41, 5.74) is -0.907. The van der Waals surface area contributed by atoms with E-state index in [1.54, 1.807) is 6.07 Å². The Balaban J connectivity index is 2.22. The van der Waals surface area contributed by atoms with Crippen molar-refractivity contribution >= 4 is 17.7 Å². The zero-order chi connectivity index (χ0) is 16.9. The summed E-state index contributed by atoms with van der Waals surface area (Å²) < 4.78 is 13.8. The van der Waals surface area contributed by atoms with E-state index in [-0.39, 0.29) is 17.5 Å². The highest BCUT2D eigenvalue weighted by Gasteiger charge is 2.40. The van der Waals surface area contributed by atoms with Crippen LogP contribution >= 0.6 is 11.6 Å². The molecule has 1 aromatic rings. The van der Waals surface area contributed by atoms with Crippen molar-refractivity contribution in [3.05, 3.63) is 34.6 Å². The van der Waals surface area contributed by atoms with Gasteiger partial charge in [0.2, 0.25) is 0 Å². The molecule has 0 radical (unpaired) electrons. The number of aliphatic hydroxyl groups is 1. The molecule has 0 aromatic heterocycles. The zero-order valence-electron chi connectivity index (χ0n) is 12.8. The van der Waals surface area contributed by atoms with Crippen molar-refractivity contribution in [3.63, 3.8) is 0 Å². The number of hydrogen-bond acceptors (Lipinski definition) is 3. The molecule has 4 N–H and O–H groups in total. The third-order valence-electron chi connectivity index (χ3n) is 4.40. The first kappa shape index (κ1) is 18.0. The molecule has 128 valence electrons. The second kappa shape index (κ2) is 7.95.